The van der Waals surface area contributed by atoms with E-state index in [0.29, 0.717) is 6.42 Å². The summed E-state index contributed by atoms with van der Waals surface area (Å²) in [6.45, 7) is 4.07. The van der Waals surface area contributed by atoms with Gasteiger partial charge in [0.2, 0.25) is 0 Å². The molecule has 0 saturated heterocycles. The molecule has 0 aromatic carbocycles. The van der Waals surface area contributed by atoms with Gasteiger partial charge in [-0.15, -0.1) is 11.8 Å². The summed E-state index contributed by atoms with van der Waals surface area (Å²) in [4.78, 5) is 0. The van der Waals surface area contributed by atoms with Crippen LogP contribution in [0.5, 0.6) is 0 Å². The summed E-state index contributed by atoms with van der Waals surface area (Å²) in [7, 11) is 0. The van der Waals surface area contributed by atoms with Crippen LogP contribution in [-0.4, -0.2) is 11.2 Å². The Morgan fingerprint density at radius 2 is 2.00 bits per heavy atom. The summed E-state index contributed by atoms with van der Waals surface area (Å²) in [5.74, 6) is 5.93. The summed E-state index contributed by atoms with van der Waals surface area (Å²) in [5.41, 5.74) is 0. The number of hydrogen-bond acceptors (Lipinski definition) is 1. The molecule has 1 nitrogen and oxygen atoms in total. The van der Waals surface area contributed by atoms with Crippen LogP contribution in [0.3, 0.4) is 0 Å². The maximum atomic E-state index is 9.05. The van der Waals surface area contributed by atoms with Crippen molar-refractivity contribution in [3.63, 3.8) is 0 Å². The molecule has 0 aliphatic carbocycles. The molecule has 0 radical (unpaired) electrons. The highest BCUT2D eigenvalue weighted by atomic mass is 16.3. The molecule has 0 rings (SSSR count). The summed E-state index contributed by atoms with van der Waals surface area (Å²) in [5, 5.41) is 9.05. The van der Waals surface area contributed by atoms with Crippen molar-refractivity contribution in [1.82, 2.24) is 0 Å². The van der Waals surface area contributed by atoms with E-state index in [4.69, 9.17) is 5.11 Å². The van der Waals surface area contributed by atoms with Gasteiger partial charge in [0.1, 0.15) is 0 Å². The van der Waals surface area contributed by atoms with Gasteiger partial charge in [0, 0.05) is 12.8 Å². The first-order valence-corrected chi connectivity index (χ1v) is 3.95. The zero-order chi connectivity index (χ0) is 7.82. The smallest absolute Gasteiger partial charge is 0.0646 e. The molecule has 0 aromatic heterocycles. The first-order chi connectivity index (χ1) is 4.81. The zero-order valence-electron chi connectivity index (χ0n) is 6.85. The van der Waals surface area contributed by atoms with Gasteiger partial charge >= 0.3 is 0 Å². The molecule has 0 spiro atoms. The number of unbranched alkanes of at least 4 members (excludes halogenated alkanes) is 1. The van der Waals surface area contributed by atoms with Crippen LogP contribution in [-0.2, 0) is 0 Å². The molecular formula is C9H16O. The molecule has 1 N–H and O–H groups in total. The van der Waals surface area contributed by atoms with Crippen molar-refractivity contribution in [1.29, 1.82) is 0 Å². The third-order valence-electron chi connectivity index (χ3n) is 1.31. The van der Waals surface area contributed by atoms with E-state index in [-0.39, 0.29) is 6.10 Å². The first-order valence-electron chi connectivity index (χ1n) is 3.95. The predicted octanol–water partition coefficient (Wildman–Crippen LogP) is 1.95. The van der Waals surface area contributed by atoms with Crippen LogP contribution < -0.4 is 0 Å². The van der Waals surface area contributed by atoms with E-state index in [9.17, 15) is 0 Å². The van der Waals surface area contributed by atoms with Crippen molar-refractivity contribution < 1.29 is 5.11 Å². The molecule has 0 fully saturated rings. The fourth-order valence-corrected chi connectivity index (χ4v) is 0.548. The molecular weight excluding hydrogens is 124 g/mol. The molecule has 1 heteroatoms. The van der Waals surface area contributed by atoms with Crippen LogP contribution in [0.4, 0.5) is 0 Å². The summed E-state index contributed by atoms with van der Waals surface area (Å²) < 4.78 is 0. The van der Waals surface area contributed by atoms with Crippen LogP contribution in [0.25, 0.3) is 0 Å². The normalized spacial score (nSPS) is 11.9. The van der Waals surface area contributed by atoms with Crippen LogP contribution in [0.1, 0.15) is 39.5 Å². The van der Waals surface area contributed by atoms with Crippen molar-refractivity contribution in [2.24, 2.45) is 0 Å². The lowest BCUT2D eigenvalue weighted by Gasteiger charge is -1.98. The fourth-order valence-electron chi connectivity index (χ4n) is 0.548. The molecule has 0 amide bonds. The molecule has 0 aliphatic heterocycles. The summed E-state index contributed by atoms with van der Waals surface area (Å²) in [6.07, 6.45) is 3.28. The van der Waals surface area contributed by atoms with Crippen molar-refractivity contribution in [3.8, 4) is 11.8 Å². The number of aliphatic hydroxyl groups excluding tert-OH is 1. The van der Waals surface area contributed by atoms with E-state index in [1.54, 1.807) is 0 Å². The molecule has 0 bridgehead atoms. The summed E-state index contributed by atoms with van der Waals surface area (Å²) >= 11 is 0. The minimum atomic E-state index is -0.218. The van der Waals surface area contributed by atoms with Gasteiger partial charge in [-0.25, -0.2) is 0 Å². The minimum Gasteiger partial charge on any atom is -0.392 e. The van der Waals surface area contributed by atoms with Gasteiger partial charge in [-0.05, 0) is 12.8 Å². The van der Waals surface area contributed by atoms with Gasteiger partial charge in [0.15, 0.2) is 0 Å². The third-order valence-corrected chi connectivity index (χ3v) is 1.31. The van der Waals surface area contributed by atoms with Gasteiger partial charge in [0.05, 0.1) is 6.10 Å². The second-order valence-corrected chi connectivity index (χ2v) is 2.37. The average Bonchev–Trinajstić information content (AvgIpc) is 1.98. The van der Waals surface area contributed by atoms with Crippen LogP contribution >= 0.6 is 0 Å². The molecule has 1 atom stereocenters. The monoisotopic (exact) mass is 140 g/mol. The third kappa shape index (κ3) is 5.65. The lowest BCUT2D eigenvalue weighted by Crippen LogP contribution is -2.01. The van der Waals surface area contributed by atoms with Crippen LogP contribution in [0.15, 0.2) is 0 Å². The Morgan fingerprint density at radius 3 is 2.50 bits per heavy atom. The Hall–Kier alpha value is -0.480. The summed E-state index contributed by atoms with van der Waals surface area (Å²) in [6, 6.07) is 0. The molecule has 0 heterocycles. The first kappa shape index (κ1) is 9.52. The topological polar surface area (TPSA) is 20.2 Å². The molecule has 58 valence electrons. The Bertz CT molecular complexity index is 118. The Labute approximate surface area is 63.5 Å². The lowest BCUT2D eigenvalue weighted by molar-refractivity contribution is 0.176. The minimum absolute atomic E-state index is 0.218. The fraction of sp³-hybridized carbons (Fsp3) is 0.778. The van der Waals surface area contributed by atoms with Crippen LogP contribution in [0, 0.1) is 11.8 Å². The Morgan fingerprint density at radius 1 is 1.30 bits per heavy atom. The van der Waals surface area contributed by atoms with Crippen LogP contribution in [0.2, 0.25) is 0 Å². The lowest BCUT2D eigenvalue weighted by atomic mass is 10.2. The predicted molar refractivity (Wildman–Crippen MR) is 43.6 cm³/mol. The van der Waals surface area contributed by atoms with E-state index in [0.717, 1.165) is 19.3 Å². The van der Waals surface area contributed by atoms with E-state index in [2.05, 4.69) is 18.8 Å². The highest BCUT2D eigenvalue weighted by Crippen LogP contribution is 1.94. The van der Waals surface area contributed by atoms with E-state index >= 15 is 0 Å². The Kier molecular flexibility index (Phi) is 6.32. The maximum absolute atomic E-state index is 9.05. The van der Waals surface area contributed by atoms with E-state index in [1.807, 2.05) is 6.92 Å². The standard InChI is InChI=1S/C9H16O/c1-3-5-6-7-8-9(10)4-2/h9-10H,3-5,8H2,1-2H3/t9-/m0/s1. The van der Waals surface area contributed by atoms with Crippen molar-refractivity contribution >= 4 is 0 Å². The van der Waals surface area contributed by atoms with Gasteiger partial charge in [-0.1, -0.05) is 13.8 Å². The largest absolute Gasteiger partial charge is 0.392 e. The van der Waals surface area contributed by atoms with Gasteiger partial charge < -0.3 is 5.11 Å². The molecule has 10 heavy (non-hydrogen) atoms. The van der Waals surface area contributed by atoms with Gasteiger partial charge in [0.25, 0.3) is 0 Å². The zero-order valence-corrected chi connectivity index (χ0v) is 6.85. The Balaban J connectivity index is 3.26. The van der Waals surface area contributed by atoms with Gasteiger partial charge in [-0.2, -0.15) is 0 Å². The number of rotatable bonds is 3. The number of hydrogen-bond donors (Lipinski definition) is 1. The van der Waals surface area contributed by atoms with Crippen molar-refractivity contribution in [2.75, 3.05) is 0 Å². The van der Waals surface area contributed by atoms with E-state index in [1.165, 1.54) is 0 Å². The molecule has 0 saturated carbocycles. The highest BCUT2D eigenvalue weighted by molar-refractivity contribution is 4.99. The molecule has 0 unspecified atom stereocenters. The molecule has 0 aromatic rings. The average molecular weight is 140 g/mol. The maximum Gasteiger partial charge on any atom is 0.0646 e. The molecule has 0 aliphatic rings. The van der Waals surface area contributed by atoms with Crippen molar-refractivity contribution in [3.05, 3.63) is 0 Å². The SMILES string of the molecule is CCCC#CC[C@@H](O)CC. The van der Waals surface area contributed by atoms with E-state index < -0.39 is 0 Å². The highest BCUT2D eigenvalue weighted by Gasteiger charge is 1.94. The quantitative estimate of drug-likeness (QED) is 0.594. The second kappa shape index (κ2) is 6.64. The second-order valence-electron chi connectivity index (χ2n) is 2.37. The number of aliphatic hydroxyl groups is 1. The van der Waals surface area contributed by atoms with Gasteiger partial charge in [-0.3, -0.25) is 0 Å². The van der Waals surface area contributed by atoms with Crippen molar-refractivity contribution in [2.45, 2.75) is 45.6 Å².